The van der Waals surface area contributed by atoms with Crippen molar-refractivity contribution in [1.29, 1.82) is 0 Å². The van der Waals surface area contributed by atoms with Gasteiger partial charge in [0.1, 0.15) is 11.8 Å². The third-order valence-electron chi connectivity index (χ3n) is 3.49. The Kier molecular flexibility index (Phi) is 3.82. The lowest BCUT2D eigenvalue weighted by Gasteiger charge is -2.32. The molecule has 2 saturated heterocycles. The molecule has 0 aromatic carbocycles. The molecule has 2 fully saturated rings. The summed E-state index contributed by atoms with van der Waals surface area (Å²) in [4.78, 5) is 11.8. The van der Waals surface area contributed by atoms with Gasteiger partial charge in [0.2, 0.25) is 0 Å². The molecule has 2 heterocycles. The third-order valence-corrected chi connectivity index (χ3v) is 3.49. The van der Waals surface area contributed by atoms with Crippen LogP contribution in [0.25, 0.3) is 0 Å². The molecule has 1 spiro atoms. The second-order valence-electron chi connectivity index (χ2n) is 4.84. The molecule has 2 aliphatic rings. The molecule has 0 saturated carbocycles. The van der Waals surface area contributed by atoms with E-state index in [2.05, 4.69) is 17.6 Å². The standard InChI is InChI=1S/C12H22N2O2/c1-2-3-4-5-10-11(15)14-12(16-10)6-8-13-9-7-12/h10,13H,2-9H2,1H3,(H,14,15). The summed E-state index contributed by atoms with van der Waals surface area (Å²) in [5.41, 5.74) is -0.348. The topological polar surface area (TPSA) is 50.4 Å². The molecule has 0 aromatic rings. The average Bonchev–Trinajstić information content (AvgIpc) is 2.57. The number of ether oxygens (including phenoxy) is 1. The van der Waals surface area contributed by atoms with Crippen molar-refractivity contribution >= 4 is 5.91 Å². The molecule has 2 aliphatic heterocycles. The van der Waals surface area contributed by atoms with Gasteiger partial charge in [0.25, 0.3) is 5.91 Å². The number of carbonyl (C=O) groups excluding carboxylic acids is 1. The lowest BCUT2D eigenvalue weighted by molar-refractivity contribution is -0.124. The van der Waals surface area contributed by atoms with E-state index >= 15 is 0 Å². The molecule has 0 bridgehead atoms. The molecule has 0 aliphatic carbocycles. The monoisotopic (exact) mass is 226 g/mol. The van der Waals surface area contributed by atoms with E-state index < -0.39 is 0 Å². The van der Waals surface area contributed by atoms with Crippen LogP contribution in [0.1, 0.15) is 45.4 Å². The summed E-state index contributed by atoms with van der Waals surface area (Å²) in [6, 6.07) is 0. The van der Waals surface area contributed by atoms with Crippen LogP contribution in [0.2, 0.25) is 0 Å². The van der Waals surface area contributed by atoms with Crippen molar-refractivity contribution < 1.29 is 9.53 Å². The molecule has 1 atom stereocenters. The fourth-order valence-corrected chi connectivity index (χ4v) is 2.50. The highest BCUT2D eigenvalue weighted by molar-refractivity contribution is 5.83. The Balaban J connectivity index is 1.85. The van der Waals surface area contributed by atoms with Gasteiger partial charge in [-0.2, -0.15) is 0 Å². The first-order chi connectivity index (χ1) is 7.76. The van der Waals surface area contributed by atoms with E-state index in [1.165, 1.54) is 12.8 Å². The molecule has 0 aromatic heterocycles. The summed E-state index contributed by atoms with van der Waals surface area (Å²) in [5.74, 6) is 0.0954. The number of unbranched alkanes of at least 4 members (excludes halogenated alkanes) is 2. The van der Waals surface area contributed by atoms with E-state index in [4.69, 9.17) is 4.74 Å². The summed E-state index contributed by atoms with van der Waals surface area (Å²) < 4.78 is 5.95. The Hall–Kier alpha value is -0.610. The first kappa shape index (κ1) is 11.9. The van der Waals surface area contributed by atoms with Crippen LogP contribution < -0.4 is 10.6 Å². The molecule has 1 unspecified atom stereocenters. The van der Waals surface area contributed by atoms with Gasteiger partial charge in [-0.1, -0.05) is 26.2 Å². The molecule has 4 heteroatoms. The third kappa shape index (κ3) is 2.55. The van der Waals surface area contributed by atoms with E-state index in [9.17, 15) is 4.79 Å². The van der Waals surface area contributed by atoms with E-state index in [-0.39, 0.29) is 17.7 Å². The smallest absolute Gasteiger partial charge is 0.251 e. The minimum Gasteiger partial charge on any atom is -0.343 e. The number of piperidine rings is 1. The number of nitrogens with one attached hydrogen (secondary N) is 2. The number of carbonyl (C=O) groups is 1. The van der Waals surface area contributed by atoms with E-state index in [1.807, 2.05) is 0 Å². The van der Waals surface area contributed by atoms with Crippen LogP contribution in [0.4, 0.5) is 0 Å². The molecule has 2 rings (SSSR count). The lowest BCUT2D eigenvalue weighted by Crippen LogP contribution is -2.50. The predicted molar refractivity (Wildman–Crippen MR) is 62.0 cm³/mol. The van der Waals surface area contributed by atoms with Crippen molar-refractivity contribution in [2.45, 2.75) is 57.3 Å². The van der Waals surface area contributed by atoms with Crippen molar-refractivity contribution in [3.8, 4) is 0 Å². The van der Waals surface area contributed by atoms with Crippen molar-refractivity contribution in [2.24, 2.45) is 0 Å². The van der Waals surface area contributed by atoms with Crippen molar-refractivity contribution in [2.75, 3.05) is 13.1 Å². The number of amides is 1. The Morgan fingerprint density at radius 2 is 2.12 bits per heavy atom. The average molecular weight is 226 g/mol. The zero-order chi connectivity index (χ0) is 11.4. The highest BCUT2D eigenvalue weighted by atomic mass is 16.5. The van der Waals surface area contributed by atoms with Gasteiger partial charge in [0.05, 0.1) is 0 Å². The Bertz CT molecular complexity index is 249. The van der Waals surface area contributed by atoms with Gasteiger partial charge in [-0.05, 0) is 19.5 Å². The first-order valence-electron chi connectivity index (χ1n) is 6.46. The summed E-state index contributed by atoms with van der Waals surface area (Å²) in [5, 5.41) is 6.33. The van der Waals surface area contributed by atoms with Crippen LogP contribution in [-0.2, 0) is 9.53 Å². The lowest BCUT2D eigenvalue weighted by atomic mass is 10.0. The molecule has 2 N–H and O–H groups in total. The summed E-state index contributed by atoms with van der Waals surface area (Å²) >= 11 is 0. The number of hydrogen-bond acceptors (Lipinski definition) is 3. The van der Waals surface area contributed by atoms with E-state index in [0.717, 1.165) is 38.8 Å². The zero-order valence-corrected chi connectivity index (χ0v) is 10.1. The molecule has 1 amide bonds. The second kappa shape index (κ2) is 5.15. The number of rotatable bonds is 4. The highest BCUT2D eigenvalue weighted by Gasteiger charge is 2.45. The van der Waals surface area contributed by atoms with Crippen LogP contribution in [-0.4, -0.2) is 30.8 Å². The van der Waals surface area contributed by atoms with Gasteiger partial charge < -0.3 is 15.4 Å². The Labute approximate surface area is 97.1 Å². The van der Waals surface area contributed by atoms with Gasteiger partial charge in [-0.3, -0.25) is 4.79 Å². The van der Waals surface area contributed by atoms with Crippen LogP contribution in [0.5, 0.6) is 0 Å². The van der Waals surface area contributed by atoms with E-state index in [1.54, 1.807) is 0 Å². The first-order valence-corrected chi connectivity index (χ1v) is 6.46. The summed E-state index contributed by atoms with van der Waals surface area (Å²) in [6.45, 7) is 4.04. The maximum Gasteiger partial charge on any atom is 0.251 e. The highest BCUT2D eigenvalue weighted by Crippen LogP contribution is 2.29. The molecule has 92 valence electrons. The predicted octanol–water partition coefficient (Wildman–Crippen LogP) is 1.16. The fraction of sp³-hybridized carbons (Fsp3) is 0.917. The maximum absolute atomic E-state index is 11.8. The molecule has 4 nitrogen and oxygen atoms in total. The van der Waals surface area contributed by atoms with E-state index in [0.29, 0.717) is 0 Å². The van der Waals surface area contributed by atoms with Gasteiger partial charge >= 0.3 is 0 Å². The maximum atomic E-state index is 11.8. The van der Waals surface area contributed by atoms with Crippen LogP contribution in [0.15, 0.2) is 0 Å². The summed E-state index contributed by atoms with van der Waals surface area (Å²) in [7, 11) is 0. The minimum atomic E-state index is -0.348. The Morgan fingerprint density at radius 1 is 1.38 bits per heavy atom. The van der Waals surface area contributed by atoms with Gasteiger partial charge in [0, 0.05) is 12.8 Å². The SMILES string of the molecule is CCCCCC1OC2(CCNCC2)NC1=O. The van der Waals surface area contributed by atoms with Gasteiger partial charge in [0.15, 0.2) is 0 Å². The number of hydrogen-bond donors (Lipinski definition) is 2. The molecular formula is C12H22N2O2. The van der Waals surface area contributed by atoms with Gasteiger partial charge in [-0.15, -0.1) is 0 Å². The minimum absolute atomic E-state index is 0.0954. The quantitative estimate of drug-likeness (QED) is 0.707. The molecule has 0 radical (unpaired) electrons. The van der Waals surface area contributed by atoms with Crippen LogP contribution >= 0.6 is 0 Å². The molecule has 16 heavy (non-hydrogen) atoms. The zero-order valence-electron chi connectivity index (χ0n) is 10.1. The van der Waals surface area contributed by atoms with Crippen molar-refractivity contribution in [3.63, 3.8) is 0 Å². The normalized spacial score (nSPS) is 28.3. The van der Waals surface area contributed by atoms with Crippen LogP contribution in [0.3, 0.4) is 0 Å². The Morgan fingerprint density at radius 3 is 2.81 bits per heavy atom. The fourth-order valence-electron chi connectivity index (χ4n) is 2.50. The van der Waals surface area contributed by atoms with Crippen LogP contribution in [0, 0.1) is 0 Å². The second-order valence-corrected chi connectivity index (χ2v) is 4.84. The van der Waals surface area contributed by atoms with Gasteiger partial charge in [-0.25, -0.2) is 0 Å². The van der Waals surface area contributed by atoms with Crippen molar-refractivity contribution in [3.05, 3.63) is 0 Å². The summed E-state index contributed by atoms with van der Waals surface area (Å²) in [6.07, 6.45) is 5.90. The largest absolute Gasteiger partial charge is 0.343 e. The molecular weight excluding hydrogens is 204 g/mol. The van der Waals surface area contributed by atoms with Crippen molar-refractivity contribution in [1.82, 2.24) is 10.6 Å².